The van der Waals surface area contributed by atoms with Crippen molar-refractivity contribution < 1.29 is 21.6 Å². The summed E-state index contributed by atoms with van der Waals surface area (Å²) in [6, 6.07) is 17.2. The molecule has 3 aromatic carbocycles. The van der Waals surface area contributed by atoms with E-state index < -0.39 is 19.9 Å². The Hall–Kier alpha value is -2.88. The maximum atomic E-state index is 13.5. The van der Waals surface area contributed by atoms with E-state index in [9.17, 15) is 16.8 Å². The molecule has 0 spiro atoms. The van der Waals surface area contributed by atoms with Gasteiger partial charge in [-0.05, 0) is 75.3 Å². The number of hydrogen-bond donors (Lipinski definition) is 1. The summed E-state index contributed by atoms with van der Waals surface area (Å²) in [5.74, 6) is 0.719. The number of likely N-dealkylation sites (N-methyl/N-ethyl adjacent to an activating group) is 1. The Morgan fingerprint density at radius 1 is 0.853 bits per heavy atom. The summed E-state index contributed by atoms with van der Waals surface area (Å²) in [4.78, 5) is 1.65. The number of anilines is 1. The third kappa shape index (κ3) is 4.55. The van der Waals surface area contributed by atoms with Crippen LogP contribution in [-0.4, -0.2) is 49.0 Å². The van der Waals surface area contributed by atoms with Crippen molar-refractivity contribution >= 4 is 25.5 Å². The number of hydrogen-bond acceptors (Lipinski definition) is 6. The lowest BCUT2D eigenvalue weighted by Gasteiger charge is -2.32. The Balaban J connectivity index is 1.76. The predicted molar refractivity (Wildman–Crippen MR) is 132 cm³/mol. The second kappa shape index (κ2) is 9.40. The Bertz CT molecular complexity index is 1400. The van der Waals surface area contributed by atoms with E-state index in [4.69, 9.17) is 4.74 Å². The second-order valence-corrected chi connectivity index (χ2v) is 12.1. The molecule has 0 amide bonds. The maximum Gasteiger partial charge on any atom is 0.263 e. The minimum Gasteiger partial charge on any atom is -0.496 e. The van der Waals surface area contributed by atoms with Crippen LogP contribution in [-0.2, 0) is 32.7 Å². The molecule has 7 nitrogen and oxygen atoms in total. The number of fused-ring (bicyclic) bond motifs is 1. The molecule has 3 aromatic rings. The van der Waals surface area contributed by atoms with E-state index in [1.807, 2.05) is 14.1 Å². The SMILES string of the molecule is COc1ccc(NS(=O)(=O)c2ccccc2S(=O)(=O)c2ccccc2)c2c1CC(N(C)C)CC2. The molecule has 0 saturated carbocycles. The minimum absolute atomic E-state index is 0.0363. The molecule has 1 unspecified atom stereocenters. The lowest BCUT2D eigenvalue weighted by molar-refractivity contribution is 0.265. The van der Waals surface area contributed by atoms with Gasteiger partial charge in [0.15, 0.2) is 0 Å². The van der Waals surface area contributed by atoms with Gasteiger partial charge in [-0.2, -0.15) is 0 Å². The molecule has 0 aliphatic heterocycles. The van der Waals surface area contributed by atoms with Crippen LogP contribution in [0, 0.1) is 0 Å². The predicted octanol–water partition coefficient (Wildman–Crippen LogP) is 3.75. The van der Waals surface area contributed by atoms with Crippen molar-refractivity contribution in [1.29, 1.82) is 0 Å². The molecule has 0 radical (unpaired) electrons. The fourth-order valence-corrected chi connectivity index (χ4v) is 7.58. The molecular weight excluding hydrogens is 472 g/mol. The standard InChI is InChI=1S/C25H28N2O5S2/c1-27(2)18-13-14-20-21(17-18)23(32-3)16-15-22(20)26-34(30,31)25-12-8-7-11-24(25)33(28,29)19-9-5-4-6-10-19/h4-12,15-16,18,26H,13-14,17H2,1-3H3. The molecule has 9 heteroatoms. The van der Waals surface area contributed by atoms with Gasteiger partial charge < -0.3 is 9.64 Å². The molecule has 1 aliphatic carbocycles. The fraction of sp³-hybridized carbons (Fsp3) is 0.280. The van der Waals surface area contributed by atoms with Crippen LogP contribution in [0.4, 0.5) is 5.69 Å². The van der Waals surface area contributed by atoms with E-state index in [0.717, 1.165) is 29.7 Å². The second-order valence-electron chi connectivity index (χ2n) is 8.50. The van der Waals surface area contributed by atoms with Gasteiger partial charge in [0.25, 0.3) is 10.0 Å². The molecule has 0 heterocycles. The first-order valence-electron chi connectivity index (χ1n) is 10.9. The smallest absolute Gasteiger partial charge is 0.263 e. The summed E-state index contributed by atoms with van der Waals surface area (Å²) in [6.07, 6.45) is 2.29. The largest absolute Gasteiger partial charge is 0.496 e. The normalized spacial score (nSPS) is 16.2. The number of ether oxygens (including phenoxy) is 1. The van der Waals surface area contributed by atoms with Gasteiger partial charge in [0.1, 0.15) is 10.6 Å². The van der Waals surface area contributed by atoms with Crippen molar-refractivity contribution in [2.45, 2.75) is 40.0 Å². The maximum absolute atomic E-state index is 13.5. The van der Waals surface area contributed by atoms with Crippen molar-refractivity contribution in [1.82, 2.24) is 4.90 Å². The number of sulfone groups is 1. The topological polar surface area (TPSA) is 92.8 Å². The molecule has 1 N–H and O–H groups in total. The summed E-state index contributed by atoms with van der Waals surface area (Å²) >= 11 is 0. The first kappa shape index (κ1) is 24.3. The van der Waals surface area contributed by atoms with Crippen molar-refractivity contribution in [3.05, 3.63) is 77.9 Å². The Kier molecular flexibility index (Phi) is 6.71. The third-order valence-corrected chi connectivity index (χ3v) is 9.61. The number of benzene rings is 3. The molecule has 4 rings (SSSR count). The summed E-state index contributed by atoms with van der Waals surface area (Å²) in [5, 5.41) is 0. The van der Waals surface area contributed by atoms with Crippen LogP contribution in [0.1, 0.15) is 17.5 Å². The number of methoxy groups -OCH3 is 1. The summed E-state index contributed by atoms with van der Waals surface area (Å²) < 4.78 is 61.7. The average molecular weight is 501 g/mol. The van der Waals surface area contributed by atoms with E-state index in [-0.39, 0.29) is 14.7 Å². The van der Waals surface area contributed by atoms with E-state index in [2.05, 4.69) is 9.62 Å². The van der Waals surface area contributed by atoms with Gasteiger partial charge in [-0.1, -0.05) is 30.3 Å². The molecule has 34 heavy (non-hydrogen) atoms. The van der Waals surface area contributed by atoms with Crippen LogP contribution in [0.15, 0.2) is 81.4 Å². The Morgan fingerprint density at radius 2 is 1.50 bits per heavy atom. The van der Waals surface area contributed by atoms with Gasteiger partial charge in [0.2, 0.25) is 9.84 Å². The number of rotatable bonds is 7. The van der Waals surface area contributed by atoms with Crippen LogP contribution in [0.2, 0.25) is 0 Å². The third-order valence-electron chi connectivity index (χ3n) is 6.23. The molecule has 180 valence electrons. The van der Waals surface area contributed by atoms with Gasteiger partial charge in [-0.15, -0.1) is 0 Å². The minimum atomic E-state index is -4.20. The van der Waals surface area contributed by atoms with Crippen molar-refractivity contribution in [3.8, 4) is 5.75 Å². The zero-order chi connectivity index (χ0) is 24.5. The fourth-order valence-electron chi connectivity index (χ4n) is 4.38. The first-order chi connectivity index (χ1) is 16.1. The first-order valence-corrected chi connectivity index (χ1v) is 13.9. The lowest BCUT2D eigenvalue weighted by Crippen LogP contribution is -2.34. The average Bonchev–Trinajstić information content (AvgIpc) is 2.84. The van der Waals surface area contributed by atoms with Gasteiger partial charge in [0, 0.05) is 11.6 Å². The Morgan fingerprint density at radius 3 is 2.15 bits per heavy atom. The van der Waals surface area contributed by atoms with Crippen LogP contribution in [0.25, 0.3) is 0 Å². The highest BCUT2D eigenvalue weighted by molar-refractivity contribution is 7.95. The van der Waals surface area contributed by atoms with Crippen molar-refractivity contribution in [2.24, 2.45) is 0 Å². The van der Waals surface area contributed by atoms with E-state index >= 15 is 0 Å². The van der Waals surface area contributed by atoms with Gasteiger partial charge in [-0.3, -0.25) is 4.72 Å². The van der Waals surface area contributed by atoms with Crippen molar-refractivity contribution in [3.63, 3.8) is 0 Å². The molecule has 0 bridgehead atoms. The molecule has 1 aliphatic rings. The molecule has 0 saturated heterocycles. The van der Waals surface area contributed by atoms with Crippen LogP contribution < -0.4 is 9.46 Å². The zero-order valence-electron chi connectivity index (χ0n) is 19.4. The highest BCUT2D eigenvalue weighted by atomic mass is 32.2. The number of sulfonamides is 1. The van der Waals surface area contributed by atoms with Crippen molar-refractivity contribution in [2.75, 3.05) is 25.9 Å². The number of nitrogens with zero attached hydrogens (tertiary/aromatic N) is 1. The number of nitrogens with one attached hydrogen (secondary N) is 1. The highest BCUT2D eigenvalue weighted by Crippen LogP contribution is 2.37. The summed E-state index contributed by atoms with van der Waals surface area (Å²) in [5.41, 5.74) is 2.29. The highest BCUT2D eigenvalue weighted by Gasteiger charge is 2.30. The quantitative estimate of drug-likeness (QED) is 0.531. The lowest BCUT2D eigenvalue weighted by atomic mass is 9.86. The monoisotopic (exact) mass is 500 g/mol. The van der Waals surface area contributed by atoms with E-state index in [1.54, 1.807) is 37.4 Å². The van der Waals surface area contributed by atoms with Gasteiger partial charge >= 0.3 is 0 Å². The van der Waals surface area contributed by atoms with Crippen LogP contribution in [0.5, 0.6) is 5.75 Å². The van der Waals surface area contributed by atoms with Crippen LogP contribution >= 0.6 is 0 Å². The van der Waals surface area contributed by atoms with Gasteiger partial charge in [-0.25, -0.2) is 16.8 Å². The van der Waals surface area contributed by atoms with Gasteiger partial charge in [0.05, 0.1) is 22.6 Å². The molecular formula is C25H28N2O5S2. The molecule has 0 fully saturated rings. The molecule has 0 aromatic heterocycles. The Labute approximate surface area is 201 Å². The van der Waals surface area contributed by atoms with Crippen LogP contribution in [0.3, 0.4) is 0 Å². The summed E-state index contributed by atoms with van der Waals surface area (Å²) in [7, 11) is -2.58. The van der Waals surface area contributed by atoms with E-state index in [1.165, 1.54) is 36.4 Å². The molecule has 1 atom stereocenters. The zero-order valence-corrected chi connectivity index (χ0v) is 21.0. The van der Waals surface area contributed by atoms with E-state index in [0.29, 0.717) is 18.2 Å². The summed E-state index contributed by atoms with van der Waals surface area (Å²) in [6.45, 7) is 0.